The zero-order valence-electron chi connectivity index (χ0n) is 10.5. The number of hydrogen-bond donors (Lipinski definition) is 1. The molecule has 3 nitrogen and oxygen atoms in total. The van der Waals surface area contributed by atoms with Crippen molar-refractivity contribution < 1.29 is 14.6 Å². The van der Waals surface area contributed by atoms with Crippen LogP contribution < -0.4 is 0 Å². The molecule has 0 fully saturated rings. The maximum Gasteiger partial charge on any atom is 0.331 e. The largest absolute Gasteiger partial charge is 0.478 e. The van der Waals surface area contributed by atoms with Crippen molar-refractivity contribution in [1.29, 1.82) is 0 Å². The second kappa shape index (κ2) is 10.7. The number of rotatable bonds is 10. The highest BCUT2D eigenvalue weighted by molar-refractivity contribution is 5.86. The molecule has 0 amide bonds. The summed E-state index contributed by atoms with van der Waals surface area (Å²) < 4.78 is 4.88. The van der Waals surface area contributed by atoms with Gasteiger partial charge >= 0.3 is 5.97 Å². The van der Waals surface area contributed by atoms with Crippen molar-refractivity contribution in [3.05, 3.63) is 11.6 Å². The van der Waals surface area contributed by atoms with Gasteiger partial charge in [0.1, 0.15) is 0 Å². The minimum atomic E-state index is -0.814. The van der Waals surface area contributed by atoms with Crippen LogP contribution in [0.1, 0.15) is 51.9 Å². The molecule has 0 aliphatic heterocycles. The summed E-state index contributed by atoms with van der Waals surface area (Å²) in [6.07, 6.45) is 9.27. The monoisotopic (exact) mass is 228 g/mol. The summed E-state index contributed by atoms with van der Waals surface area (Å²) in [4.78, 5) is 10.8. The molecule has 0 aromatic carbocycles. The average molecular weight is 228 g/mol. The predicted molar refractivity (Wildman–Crippen MR) is 65.6 cm³/mol. The lowest BCUT2D eigenvalue weighted by atomic mass is 10.1. The Morgan fingerprint density at radius 3 is 2.50 bits per heavy atom. The van der Waals surface area contributed by atoms with Crippen LogP contribution in [0.5, 0.6) is 0 Å². The molecule has 94 valence electrons. The van der Waals surface area contributed by atoms with E-state index in [1.165, 1.54) is 25.7 Å². The molecule has 0 bridgehead atoms. The lowest BCUT2D eigenvalue weighted by Crippen LogP contribution is -2.03. The van der Waals surface area contributed by atoms with Crippen LogP contribution in [0.3, 0.4) is 0 Å². The number of carboxylic acids is 1. The number of aliphatic carboxylic acids is 1. The third-order valence-corrected chi connectivity index (χ3v) is 2.55. The molecule has 0 atom stereocenters. The van der Waals surface area contributed by atoms with Gasteiger partial charge < -0.3 is 9.84 Å². The van der Waals surface area contributed by atoms with E-state index < -0.39 is 5.97 Å². The van der Waals surface area contributed by atoms with E-state index in [0.717, 1.165) is 12.8 Å². The van der Waals surface area contributed by atoms with Crippen LogP contribution in [-0.4, -0.2) is 24.8 Å². The summed E-state index contributed by atoms with van der Waals surface area (Å²) in [6.45, 7) is 2.67. The number of unbranched alkanes of at least 4 members (excludes halogenated alkanes) is 5. The van der Waals surface area contributed by atoms with E-state index in [-0.39, 0.29) is 0 Å². The van der Waals surface area contributed by atoms with Gasteiger partial charge in [-0.05, 0) is 12.8 Å². The van der Waals surface area contributed by atoms with E-state index in [4.69, 9.17) is 9.84 Å². The van der Waals surface area contributed by atoms with E-state index in [1.807, 2.05) is 6.08 Å². The summed E-state index contributed by atoms with van der Waals surface area (Å²) in [6, 6.07) is 0. The molecule has 0 aromatic rings. The van der Waals surface area contributed by atoms with Crippen molar-refractivity contribution in [2.75, 3.05) is 13.7 Å². The molecule has 0 radical (unpaired) electrons. The first-order chi connectivity index (χ1) is 7.72. The molecule has 0 aromatic heterocycles. The fourth-order valence-electron chi connectivity index (χ4n) is 1.53. The zero-order valence-corrected chi connectivity index (χ0v) is 10.5. The first kappa shape index (κ1) is 15.2. The molecule has 0 aliphatic carbocycles. The highest BCUT2D eigenvalue weighted by Crippen LogP contribution is 2.09. The van der Waals surface area contributed by atoms with Gasteiger partial charge in [-0.25, -0.2) is 4.79 Å². The van der Waals surface area contributed by atoms with Crippen LogP contribution in [0.15, 0.2) is 11.6 Å². The van der Waals surface area contributed by atoms with Crippen LogP contribution in [0.4, 0.5) is 0 Å². The fourth-order valence-corrected chi connectivity index (χ4v) is 1.53. The van der Waals surface area contributed by atoms with Gasteiger partial charge in [-0.2, -0.15) is 0 Å². The third kappa shape index (κ3) is 8.48. The van der Waals surface area contributed by atoms with E-state index >= 15 is 0 Å². The molecule has 16 heavy (non-hydrogen) atoms. The molecule has 0 saturated carbocycles. The summed E-state index contributed by atoms with van der Waals surface area (Å²) >= 11 is 0. The smallest absolute Gasteiger partial charge is 0.331 e. The number of carboxylic acid groups (broad SMARTS) is 1. The molecule has 0 saturated heterocycles. The molecular formula is C13H24O3. The molecule has 0 rings (SSSR count). The Morgan fingerprint density at radius 2 is 1.94 bits per heavy atom. The van der Waals surface area contributed by atoms with E-state index in [1.54, 1.807) is 7.11 Å². The minimum Gasteiger partial charge on any atom is -0.478 e. The lowest BCUT2D eigenvalue weighted by Gasteiger charge is -2.02. The molecular weight excluding hydrogens is 204 g/mol. The van der Waals surface area contributed by atoms with Crippen molar-refractivity contribution in [1.82, 2.24) is 0 Å². The quantitative estimate of drug-likeness (QED) is 0.460. The van der Waals surface area contributed by atoms with Gasteiger partial charge in [0.25, 0.3) is 0 Å². The normalized spacial score (nSPS) is 11.8. The Labute approximate surface area is 98.5 Å². The Kier molecular flexibility index (Phi) is 10.1. The second-order valence-corrected chi connectivity index (χ2v) is 3.98. The van der Waals surface area contributed by atoms with Crippen LogP contribution in [0.2, 0.25) is 0 Å². The number of allylic oxidation sites excluding steroid dienone is 1. The summed E-state index contributed by atoms with van der Waals surface area (Å²) in [5.74, 6) is -0.814. The number of ether oxygens (including phenoxy) is 1. The van der Waals surface area contributed by atoms with Crippen molar-refractivity contribution in [2.24, 2.45) is 0 Å². The average Bonchev–Trinajstić information content (AvgIpc) is 2.26. The van der Waals surface area contributed by atoms with Gasteiger partial charge in [-0.1, -0.05) is 38.7 Å². The van der Waals surface area contributed by atoms with Crippen LogP contribution >= 0.6 is 0 Å². The van der Waals surface area contributed by atoms with Crippen LogP contribution in [0, 0.1) is 0 Å². The van der Waals surface area contributed by atoms with Crippen molar-refractivity contribution >= 4 is 5.97 Å². The highest BCUT2D eigenvalue weighted by Gasteiger charge is 2.05. The van der Waals surface area contributed by atoms with E-state index in [2.05, 4.69) is 6.92 Å². The molecule has 3 heteroatoms. The third-order valence-electron chi connectivity index (χ3n) is 2.55. The predicted octanol–water partition coefficient (Wildman–Crippen LogP) is 3.39. The zero-order chi connectivity index (χ0) is 12.2. The van der Waals surface area contributed by atoms with Crippen molar-refractivity contribution in [3.63, 3.8) is 0 Å². The Morgan fingerprint density at radius 1 is 1.25 bits per heavy atom. The molecule has 0 heterocycles. The lowest BCUT2D eigenvalue weighted by molar-refractivity contribution is -0.132. The summed E-state index contributed by atoms with van der Waals surface area (Å²) in [5, 5.41) is 8.92. The number of hydrogen-bond acceptors (Lipinski definition) is 2. The first-order valence-electron chi connectivity index (χ1n) is 6.13. The molecule has 0 spiro atoms. The maximum atomic E-state index is 10.8. The number of methoxy groups -OCH3 is 1. The minimum absolute atomic E-state index is 0.480. The maximum absolute atomic E-state index is 10.8. The Bertz CT molecular complexity index is 209. The van der Waals surface area contributed by atoms with Crippen molar-refractivity contribution in [2.45, 2.75) is 51.9 Å². The van der Waals surface area contributed by atoms with Crippen LogP contribution in [0.25, 0.3) is 0 Å². The topological polar surface area (TPSA) is 46.5 Å². The summed E-state index contributed by atoms with van der Waals surface area (Å²) in [5.41, 5.74) is 0.484. The van der Waals surface area contributed by atoms with Gasteiger partial charge in [0.2, 0.25) is 0 Å². The number of carbonyl (C=O) groups is 1. The summed E-state index contributed by atoms with van der Waals surface area (Å²) in [7, 11) is 1.59. The molecule has 0 unspecified atom stereocenters. The van der Waals surface area contributed by atoms with Gasteiger partial charge in [-0.3, -0.25) is 0 Å². The van der Waals surface area contributed by atoms with Gasteiger partial charge in [0.15, 0.2) is 0 Å². The van der Waals surface area contributed by atoms with E-state index in [0.29, 0.717) is 18.6 Å². The Hall–Kier alpha value is -0.830. The highest BCUT2D eigenvalue weighted by atomic mass is 16.5. The standard InChI is InChI=1S/C13H24O3/c1-3-4-5-6-7-8-9-12(13(14)15)10-11-16-2/h9H,3-8,10-11H2,1-2H3,(H,14,15)/b12-9+. The van der Waals surface area contributed by atoms with Gasteiger partial charge in [0.05, 0.1) is 6.61 Å². The first-order valence-corrected chi connectivity index (χ1v) is 6.13. The SMILES string of the molecule is CCCCCCC/C=C(\CCOC)C(=O)O. The fraction of sp³-hybridized carbons (Fsp3) is 0.769. The van der Waals surface area contributed by atoms with Gasteiger partial charge in [0, 0.05) is 19.1 Å². The second-order valence-electron chi connectivity index (χ2n) is 3.98. The van der Waals surface area contributed by atoms with Crippen molar-refractivity contribution in [3.8, 4) is 0 Å². The van der Waals surface area contributed by atoms with Gasteiger partial charge in [-0.15, -0.1) is 0 Å². The molecule has 1 N–H and O–H groups in total. The molecule has 0 aliphatic rings. The Balaban J connectivity index is 3.72. The van der Waals surface area contributed by atoms with E-state index in [9.17, 15) is 4.79 Å². The van der Waals surface area contributed by atoms with Crippen LogP contribution in [-0.2, 0) is 9.53 Å².